The van der Waals surface area contributed by atoms with Crippen molar-refractivity contribution in [3.8, 4) is 5.75 Å². The molecular weight excluding hydrogens is 241 g/mol. The third kappa shape index (κ3) is 3.27. The monoisotopic (exact) mass is 265 g/mol. The van der Waals surface area contributed by atoms with Crippen LogP contribution in [0.4, 0.5) is 4.39 Å². The van der Waals surface area contributed by atoms with Crippen LogP contribution in [0, 0.1) is 17.7 Å². The van der Waals surface area contributed by atoms with Gasteiger partial charge in [0.05, 0.1) is 7.11 Å². The Bertz CT molecular complexity index is 421. The van der Waals surface area contributed by atoms with E-state index in [9.17, 15) is 4.39 Å². The smallest absolute Gasteiger partial charge is 0.168 e. The van der Waals surface area contributed by atoms with Gasteiger partial charge in [-0.15, -0.1) is 0 Å². The van der Waals surface area contributed by atoms with Crippen molar-refractivity contribution in [1.82, 2.24) is 5.32 Å². The second-order valence-corrected chi connectivity index (χ2v) is 5.71. The summed E-state index contributed by atoms with van der Waals surface area (Å²) in [6.07, 6.45) is 4.41. The maximum Gasteiger partial charge on any atom is 0.168 e. The van der Waals surface area contributed by atoms with E-state index >= 15 is 0 Å². The molecule has 3 atom stereocenters. The summed E-state index contributed by atoms with van der Waals surface area (Å²) >= 11 is 0. The molecule has 0 aliphatic heterocycles. The molecule has 0 aromatic heterocycles. The second-order valence-electron chi connectivity index (χ2n) is 5.71. The molecule has 0 spiro atoms. The molecule has 1 aromatic rings. The highest BCUT2D eigenvalue weighted by Gasteiger charge is 2.28. The number of rotatable bonds is 4. The quantitative estimate of drug-likeness (QED) is 0.901. The van der Waals surface area contributed by atoms with Gasteiger partial charge in [-0.3, -0.25) is 0 Å². The van der Waals surface area contributed by atoms with Gasteiger partial charge in [-0.05, 0) is 56.2 Å². The predicted octanol–water partition coefficient (Wildman–Crippen LogP) is 3.40. The Morgan fingerprint density at radius 1 is 1.37 bits per heavy atom. The van der Waals surface area contributed by atoms with Gasteiger partial charge in [0.25, 0.3) is 0 Å². The molecule has 1 aliphatic carbocycles. The Morgan fingerprint density at radius 2 is 2.16 bits per heavy atom. The molecule has 0 radical (unpaired) electrons. The van der Waals surface area contributed by atoms with Crippen molar-refractivity contribution in [2.24, 2.45) is 11.8 Å². The number of nitrogens with one attached hydrogen (secondary N) is 1. The summed E-state index contributed by atoms with van der Waals surface area (Å²) in [7, 11) is 3.52. The predicted molar refractivity (Wildman–Crippen MR) is 76.0 cm³/mol. The molecule has 2 rings (SSSR count). The normalized spacial score (nSPS) is 27.3. The average molecular weight is 265 g/mol. The molecule has 3 unspecified atom stereocenters. The fourth-order valence-electron chi connectivity index (χ4n) is 3.26. The molecule has 0 saturated heterocycles. The molecule has 1 N–H and O–H groups in total. The summed E-state index contributed by atoms with van der Waals surface area (Å²) in [5.74, 6) is 1.40. The molecule has 1 fully saturated rings. The van der Waals surface area contributed by atoms with E-state index in [2.05, 4.69) is 12.2 Å². The highest BCUT2D eigenvalue weighted by atomic mass is 19.1. The van der Waals surface area contributed by atoms with Crippen LogP contribution in [0.15, 0.2) is 18.2 Å². The zero-order valence-corrected chi connectivity index (χ0v) is 12.1. The van der Waals surface area contributed by atoms with Gasteiger partial charge < -0.3 is 10.1 Å². The Balaban J connectivity index is 2.14. The van der Waals surface area contributed by atoms with Crippen molar-refractivity contribution in [3.63, 3.8) is 0 Å². The van der Waals surface area contributed by atoms with E-state index in [1.165, 1.54) is 26.4 Å². The minimum atomic E-state index is -0.196. The third-order valence-electron chi connectivity index (χ3n) is 4.36. The molecule has 1 aliphatic rings. The molecule has 106 valence electrons. The van der Waals surface area contributed by atoms with E-state index in [1.54, 1.807) is 6.07 Å². The van der Waals surface area contributed by atoms with Crippen molar-refractivity contribution < 1.29 is 9.13 Å². The molecule has 1 aromatic carbocycles. The summed E-state index contributed by atoms with van der Waals surface area (Å²) in [6, 6.07) is 5.93. The summed E-state index contributed by atoms with van der Waals surface area (Å²) in [6.45, 7) is 2.29. The number of hydrogen-bond donors (Lipinski definition) is 1. The van der Waals surface area contributed by atoms with Crippen LogP contribution in [0.5, 0.6) is 5.75 Å². The van der Waals surface area contributed by atoms with Crippen LogP contribution in [-0.2, 0) is 6.42 Å². The van der Waals surface area contributed by atoms with Gasteiger partial charge in [0, 0.05) is 6.04 Å². The van der Waals surface area contributed by atoms with Crippen molar-refractivity contribution in [2.45, 2.75) is 38.6 Å². The number of methoxy groups -OCH3 is 1. The van der Waals surface area contributed by atoms with E-state index in [4.69, 9.17) is 4.74 Å². The fraction of sp³-hybridized carbons (Fsp3) is 0.625. The third-order valence-corrected chi connectivity index (χ3v) is 4.36. The Kier molecular flexibility index (Phi) is 4.81. The van der Waals surface area contributed by atoms with E-state index in [-0.39, 0.29) is 5.82 Å². The molecule has 2 nitrogen and oxygen atoms in total. The Hall–Kier alpha value is -1.09. The summed E-state index contributed by atoms with van der Waals surface area (Å²) < 4.78 is 19.3. The average Bonchev–Trinajstić information content (AvgIpc) is 2.41. The minimum absolute atomic E-state index is 0.196. The first-order valence-corrected chi connectivity index (χ1v) is 7.14. The first kappa shape index (κ1) is 14.3. The van der Waals surface area contributed by atoms with Crippen LogP contribution >= 0.6 is 0 Å². The first-order chi connectivity index (χ1) is 9.15. The van der Waals surface area contributed by atoms with Crippen molar-refractivity contribution in [2.75, 3.05) is 14.2 Å². The molecular formula is C16H24FNO. The standard InChI is InChI=1S/C16H24FNO/c1-11-7-8-14(18-2)13(9-11)10-12-5-4-6-15(19-3)16(12)17/h4-6,11,13-14,18H,7-10H2,1-3H3. The number of benzene rings is 1. The lowest BCUT2D eigenvalue weighted by Crippen LogP contribution is -2.39. The van der Waals surface area contributed by atoms with Crippen molar-refractivity contribution in [3.05, 3.63) is 29.6 Å². The molecule has 0 amide bonds. The van der Waals surface area contributed by atoms with Gasteiger partial charge in [-0.25, -0.2) is 4.39 Å². The minimum Gasteiger partial charge on any atom is -0.494 e. The SMILES string of the molecule is CNC1CCC(C)CC1Cc1cccc(OC)c1F. The topological polar surface area (TPSA) is 21.3 Å². The van der Waals surface area contributed by atoms with Gasteiger partial charge in [-0.1, -0.05) is 19.1 Å². The number of hydrogen-bond acceptors (Lipinski definition) is 2. The van der Waals surface area contributed by atoms with Gasteiger partial charge in [0.2, 0.25) is 0 Å². The fourth-order valence-corrected chi connectivity index (χ4v) is 3.26. The van der Waals surface area contributed by atoms with Crippen LogP contribution < -0.4 is 10.1 Å². The Morgan fingerprint density at radius 3 is 2.84 bits per heavy atom. The Labute approximate surface area is 115 Å². The molecule has 3 heteroatoms. The summed E-state index contributed by atoms with van der Waals surface area (Å²) in [4.78, 5) is 0. The second kappa shape index (κ2) is 6.38. The van der Waals surface area contributed by atoms with E-state index in [0.29, 0.717) is 17.7 Å². The molecule has 0 heterocycles. The van der Waals surface area contributed by atoms with Crippen LogP contribution in [-0.4, -0.2) is 20.2 Å². The highest BCUT2D eigenvalue weighted by Crippen LogP contribution is 2.33. The molecule has 1 saturated carbocycles. The van der Waals surface area contributed by atoms with Crippen LogP contribution in [0.1, 0.15) is 31.7 Å². The lowest BCUT2D eigenvalue weighted by atomic mass is 9.76. The zero-order chi connectivity index (χ0) is 13.8. The van der Waals surface area contributed by atoms with Crippen LogP contribution in [0.3, 0.4) is 0 Å². The first-order valence-electron chi connectivity index (χ1n) is 7.14. The molecule has 19 heavy (non-hydrogen) atoms. The van der Waals surface area contributed by atoms with Gasteiger partial charge in [0.1, 0.15) is 0 Å². The summed E-state index contributed by atoms with van der Waals surface area (Å²) in [5.41, 5.74) is 0.777. The molecule has 0 bridgehead atoms. The summed E-state index contributed by atoms with van der Waals surface area (Å²) in [5, 5.41) is 3.39. The van der Waals surface area contributed by atoms with Crippen molar-refractivity contribution in [1.29, 1.82) is 0 Å². The highest BCUT2D eigenvalue weighted by molar-refractivity contribution is 5.31. The van der Waals surface area contributed by atoms with Gasteiger partial charge in [-0.2, -0.15) is 0 Å². The largest absolute Gasteiger partial charge is 0.494 e. The number of ether oxygens (including phenoxy) is 1. The number of halogens is 1. The van der Waals surface area contributed by atoms with Gasteiger partial charge >= 0.3 is 0 Å². The van der Waals surface area contributed by atoms with E-state index in [1.807, 2.05) is 19.2 Å². The van der Waals surface area contributed by atoms with Gasteiger partial charge in [0.15, 0.2) is 11.6 Å². The van der Waals surface area contributed by atoms with Crippen molar-refractivity contribution >= 4 is 0 Å². The lowest BCUT2D eigenvalue weighted by molar-refractivity contribution is 0.218. The van der Waals surface area contributed by atoms with Crippen LogP contribution in [0.2, 0.25) is 0 Å². The van der Waals surface area contributed by atoms with E-state index < -0.39 is 0 Å². The zero-order valence-electron chi connectivity index (χ0n) is 12.1. The van der Waals surface area contributed by atoms with E-state index in [0.717, 1.165) is 17.9 Å². The maximum atomic E-state index is 14.2. The maximum absolute atomic E-state index is 14.2. The lowest BCUT2D eigenvalue weighted by Gasteiger charge is -2.35. The van der Waals surface area contributed by atoms with Crippen LogP contribution in [0.25, 0.3) is 0 Å².